The molecule has 2 aliphatic rings. The highest BCUT2D eigenvalue weighted by Gasteiger charge is 2.34. The molecule has 0 radical (unpaired) electrons. The van der Waals surface area contributed by atoms with Gasteiger partial charge in [0.05, 0.1) is 0 Å². The lowest BCUT2D eigenvalue weighted by molar-refractivity contribution is -0.142. The van der Waals surface area contributed by atoms with Crippen LogP contribution in [0.15, 0.2) is 157 Å². The van der Waals surface area contributed by atoms with Crippen LogP contribution < -0.4 is 31.9 Å². The molecule has 15 heteroatoms. The monoisotopic (exact) mass is 932 g/mol. The van der Waals surface area contributed by atoms with E-state index < -0.39 is 71.6 Å². The van der Waals surface area contributed by atoms with Crippen LogP contribution in [0.1, 0.15) is 52.4 Å². The van der Waals surface area contributed by atoms with Crippen LogP contribution in [0.4, 0.5) is 5.69 Å². The van der Waals surface area contributed by atoms with Gasteiger partial charge in [-0.05, 0) is 69.8 Å². The highest BCUT2D eigenvalue weighted by Crippen LogP contribution is 2.23. The highest BCUT2D eigenvalue weighted by molar-refractivity contribution is 7.10. The fourth-order valence-electron chi connectivity index (χ4n) is 7.83. The lowest BCUT2D eigenvalue weighted by Gasteiger charge is -2.27. The summed E-state index contributed by atoms with van der Waals surface area (Å²) < 4.78 is 0. The van der Waals surface area contributed by atoms with Crippen LogP contribution in [0.2, 0.25) is 0 Å². The number of hydrogen-bond acceptors (Lipinski definition) is 8. The Morgan fingerprint density at radius 1 is 0.603 bits per heavy atom. The number of carboxylic acid groups (broad SMARTS) is 1. The molecule has 0 spiro atoms. The number of aryl methyl sites for hydroxylation is 1. The fourth-order valence-corrected chi connectivity index (χ4v) is 8.60. The molecule has 2 bridgehead atoms. The number of benzene rings is 5. The Hall–Kier alpha value is -7.91. The molecule has 0 fully saturated rings. The molecule has 7 N–H and O–H groups in total. The van der Waals surface area contributed by atoms with E-state index in [1.54, 1.807) is 72.1 Å². The number of anilines is 1. The zero-order valence-electron chi connectivity index (χ0n) is 37.1. The van der Waals surface area contributed by atoms with E-state index in [0.717, 1.165) is 16.7 Å². The number of hydrogen-bond donors (Lipinski definition) is 7. The largest absolute Gasteiger partial charge is 0.480 e. The molecule has 2 aliphatic heterocycles. The van der Waals surface area contributed by atoms with Gasteiger partial charge in [-0.25, -0.2) is 4.79 Å². The fraction of sp³-hybridized carbons (Fsp3) is 0.226. The Morgan fingerprint density at radius 2 is 1.21 bits per heavy atom. The molecular weight excluding hydrogens is 881 g/mol. The van der Waals surface area contributed by atoms with Crippen molar-refractivity contribution in [2.75, 3.05) is 5.32 Å². The molecule has 6 aromatic rings. The lowest BCUT2D eigenvalue weighted by Crippen LogP contribution is -2.59. The zero-order chi connectivity index (χ0) is 47.8. The predicted molar refractivity (Wildman–Crippen MR) is 259 cm³/mol. The maximum atomic E-state index is 14.7. The average Bonchev–Trinajstić information content (AvgIpc) is 3.89. The van der Waals surface area contributed by atoms with Crippen molar-refractivity contribution in [2.45, 2.75) is 75.2 Å². The van der Waals surface area contributed by atoms with E-state index in [1.807, 2.05) is 84.9 Å². The third kappa shape index (κ3) is 13.8. The van der Waals surface area contributed by atoms with Gasteiger partial charge in [0.15, 0.2) is 0 Å². The first-order valence-corrected chi connectivity index (χ1v) is 23.2. The molecule has 3 heterocycles. The summed E-state index contributed by atoms with van der Waals surface area (Å²) in [5.41, 5.74) is 5.13. The van der Waals surface area contributed by atoms with Crippen molar-refractivity contribution < 1.29 is 38.7 Å². The summed E-state index contributed by atoms with van der Waals surface area (Å²) in [6.45, 7) is 0. The second-order valence-electron chi connectivity index (χ2n) is 16.5. The number of aliphatic carboxylic acids is 1. The smallest absolute Gasteiger partial charge is 0.326 e. The van der Waals surface area contributed by atoms with Crippen LogP contribution in [-0.4, -0.2) is 70.7 Å². The lowest BCUT2D eigenvalue weighted by atomic mass is 9.99. The summed E-state index contributed by atoms with van der Waals surface area (Å²) in [4.78, 5) is 97.4. The van der Waals surface area contributed by atoms with Gasteiger partial charge >= 0.3 is 5.97 Å². The van der Waals surface area contributed by atoms with Crippen molar-refractivity contribution in [1.29, 1.82) is 0 Å². The maximum absolute atomic E-state index is 14.7. The minimum absolute atomic E-state index is 0.0101. The van der Waals surface area contributed by atoms with Crippen molar-refractivity contribution in [1.82, 2.24) is 26.6 Å². The van der Waals surface area contributed by atoms with Gasteiger partial charge in [-0.1, -0.05) is 133 Å². The van der Waals surface area contributed by atoms with Crippen molar-refractivity contribution in [3.63, 3.8) is 0 Å². The maximum Gasteiger partial charge on any atom is 0.326 e. The van der Waals surface area contributed by atoms with E-state index in [9.17, 15) is 38.7 Å². The molecule has 14 nitrogen and oxygen atoms in total. The highest BCUT2D eigenvalue weighted by atomic mass is 32.1. The van der Waals surface area contributed by atoms with E-state index in [4.69, 9.17) is 0 Å². The van der Waals surface area contributed by atoms with Crippen LogP contribution in [0.25, 0.3) is 11.1 Å². The van der Waals surface area contributed by atoms with Crippen molar-refractivity contribution in [3.05, 3.63) is 184 Å². The van der Waals surface area contributed by atoms with Gasteiger partial charge in [-0.15, -0.1) is 11.3 Å². The number of carbonyl (C=O) groups is 7. The quantitative estimate of drug-likeness (QED) is 0.0757. The molecule has 5 atom stereocenters. The van der Waals surface area contributed by atoms with Crippen LogP contribution in [0.5, 0.6) is 0 Å². The number of carboxylic acids is 1. The Balaban J connectivity index is 1.23. The normalized spacial score (nSPS) is 18.9. The molecule has 5 aromatic carbocycles. The third-order valence-corrected chi connectivity index (χ3v) is 12.5. The molecule has 6 amide bonds. The van der Waals surface area contributed by atoms with E-state index in [0.29, 0.717) is 33.7 Å². The van der Waals surface area contributed by atoms with Gasteiger partial charge in [0.1, 0.15) is 30.2 Å². The van der Waals surface area contributed by atoms with Gasteiger partial charge in [-0.3, -0.25) is 28.8 Å². The van der Waals surface area contributed by atoms with Gasteiger partial charge < -0.3 is 37.0 Å². The number of amides is 6. The molecule has 348 valence electrons. The Labute approximate surface area is 398 Å². The number of rotatable bonds is 12. The number of fused-ring (bicyclic) bond motifs is 18. The first-order chi connectivity index (χ1) is 33.0. The van der Waals surface area contributed by atoms with Crippen molar-refractivity contribution >= 4 is 58.4 Å². The third-order valence-electron chi connectivity index (χ3n) is 11.5. The Morgan fingerprint density at radius 3 is 1.85 bits per heavy atom. The predicted octanol–water partition coefficient (Wildman–Crippen LogP) is 5.69. The summed E-state index contributed by atoms with van der Waals surface area (Å²) in [6, 6.07) is 38.9. The van der Waals surface area contributed by atoms with Crippen molar-refractivity contribution in [3.8, 4) is 11.1 Å². The SMILES string of the molecule is O=C1CCC(=O)NC(c2cccs2)C(=O)N[C@@H](Cc2ccc(-c3ccccc3)cc2)C(=O)N[C@H](CCc2ccccc2)C(=O)N[C@H](C(=O)N[C@@H](Cc2ccccc2)C(=O)O)Cc2ccc(cc2)N1. The number of nitrogens with one attached hydrogen (secondary N) is 6. The summed E-state index contributed by atoms with van der Waals surface area (Å²) in [5, 5.41) is 28.6. The molecule has 0 aliphatic carbocycles. The molecule has 1 aromatic heterocycles. The zero-order valence-corrected chi connectivity index (χ0v) is 37.9. The minimum atomic E-state index is -1.34. The van der Waals surface area contributed by atoms with E-state index >= 15 is 0 Å². The van der Waals surface area contributed by atoms with Crippen LogP contribution in [-0.2, 0) is 59.2 Å². The van der Waals surface area contributed by atoms with E-state index in [1.165, 1.54) is 11.3 Å². The number of carbonyl (C=O) groups excluding carboxylic acids is 6. The first kappa shape index (κ1) is 48.0. The van der Waals surface area contributed by atoms with Crippen molar-refractivity contribution in [2.24, 2.45) is 0 Å². The van der Waals surface area contributed by atoms with Gasteiger partial charge in [-0.2, -0.15) is 0 Å². The second kappa shape index (κ2) is 23.5. The second-order valence-corrected chi connectivity index (χ2v) is 17.5. The summed E-state index contributed by atoms with van der Waals surface area (Å²) in [7, 11) is 0. The molecule has 0 saturated carbocycles. The Kier molecular flexibility index (Phi) is 16.6. The van der Waals surface area contributed by atoms with Gasteiger partial charge in [0.2, 0.25) is 35.4 Å². The van der Waals surface area contributed by atoms with E-state index in [2.05, 4.69) is 31.9 Å². The first-order valence-electron chi connectivity index (χ1n) is 22.4. The number of thiophene rings is 1. The average molecular weight is 933 g/mol. The van der Waals surface area contributed by atoms with Gasteiger partial charge in [0.25, 0.3) is 0 Å². The molecule has 8 rings (SSSR count). The summed E-state index contributed by atoms with van der Waals surface area (Å²) in [5.74, 6) is -5.19. The van der Waals surface area contributed by atoms with Crippen LogP contribution in [0.3, 0.4) is 0 Å². The topological polar surface area (TPSA) is 212 Å². The van der Waals surface area contributed by atoms with Gasteiger partial charge in [0, 0.05) is 42.7 Å². The standard InChI is InChI=1S/C53H52N6O8S/c60-46-28-29-47(61)59-48(45-17-10-30-68-45)52(65)57-43(31-36-18-23-39(24-19-36)38-15-8-3-9-16-38)50(63)55-41(27-22-34-11-4-1-5-12-34)49(62)56-42(32-37-20-25-40(54-46)26-21-37)51(64)58-44(53(66)67)33-35-13-6-2-7-14-35/h1-21,23-26,30,41-44,48H,22,27-29,31-33H2,(H,54,60)(H,55,63)(H,56,62)(H,57,65)(H,58,64)(H,59,61)(H,66,67)/t41-,42+,43+,44+,48?/m1/s1. The molecule has 68 heavy (non-hydrogen) atoms. The molecule has 1 unspecified atom stereocenters. The van der Waals surface area contributed by atoms with E-state index in [-0.39, 0.29) is 38.5 Å². The summed E-state index contributed by atoms with van der Waals surface area (Å²) >= 11 is 1.23. The van der Waals surface area contributed by atoms with Crippen LogP contribution >= 0.6 is 11.3 Å². The van der Waals surface area contributed by atoms with Crippen LogP contribution in [0, 0.1) is 0 Å². The Bertz CT molecular complexity index is 2670. The summed E-state index contributed by atoms with van der Waals surface area (Å²) in [6.07, 6.45) is -0.158. The molecular formula is C53H52N6O8S. The minimum Gasteiger partial charge on any atom is -0.480 e. The molecule has 0 saturated heterocycles.